The zero-order chi connectivity index (χ0) is 22.5. The summed E-state index contributed by atoms with van der Waals surface area (Å²) in [5.74, 6) is 1.57. The second-order valence-electron chi connectivity index (χ2n) is 7.76. The number of benzene rings is 1. The molecule has 1 aliphatic heterocycles. The molecule has 3 aromatic rings. The average molecular weight is 455 g/mol. The number of carbonyl (C=O) groups is 1. The third kappa shape index (κ3) is 5.08. The van der Waals surface area contributed by atoms with Gasteiger partial charge in [0.25, 0.3) is 0 Å². The Balaban J connectivity index is 1.42. The Morgan fingerprint density at radius 2 is 1.91 bits per heavy atom. The summed E-state index contributed by atoms with van der Waals surface area (Å²) < 4.78 is 7.26. The van der Waals surface area contributed by atoms with Crippen molar-refractivity contribution in [1.29, 1.82) is 0 Å². The maximum Gasteiger partial charge on any atom is 0.220 e. The maximum atomic E-state index is 12.4. The number of aromatic nitrogens is 4. The van der Waals surface area contributed by atoms with Gasteiger partial charge in [-0.05, 0) is 37.5 Å². The van der Waals surface area contributed by atoms with E-state index in [1.165, 1.54) is 0 Å². The Morgan fingerprint density at radius 1 is 1.16 bits per heavy atom. The summed E-state index contributed by atoms with van der Waals surface area (Å²) in [5.41, 5.74) is 3.84. The molecule has 0 aliphatic carbocycles. The van der Waals surface area contributed by atoms with Gasteiger partial charge in [0.2, 0.25) is 5.91 Å². The summed E-state index contributed by atoms with van der Waals surface area (Å²) in [7, 11) is 0. The fourth-order valence-electron chi connectivity index (χ4n) is 3.84. The van der Waals surface area contributed by atoms with Gasteiger partial charge >= 0.3 is 0 Å². The lowest BCUT2D eigenvalue weighted by Gasteiger charge is -2.27. The van der Waals surface area contributed by atoms with Crippen LogP contribution in [0, 0.1) is 13.8 Å². The third-order valence-corrected chi connectivity index (χ3v) is 6.04. The van der Waals surface area contributed by atoms with Crippen molar-refractivity contribution < 1.29 is 9.53 Å². The molecule has 3 heterocycles. The van der Waals surface area contributed by atoms with Crippen molar-refractivity contribution in [1.82, 2.24) is 25.1 Å². The van der Waals surface area contributed by atoms with Gasteiger partial charge in [-0.2, -0.15) is 5.10 Å². The highest BCUT2D eigenvalue weighted by atomic mass is 35.5. The number of aryl methyl sites for hydroxylation is 1. The fourth-order valence-corrected chi connectivity index (χ4v) is 4.04. The first-order valence-electron chi connectivity index (χ1n) is 10.7. The van der Waals surface area contributed by atoms with E-state index in [-0.39, 0.29) is 5.91 Å². The minimum absolute atomic E-state index is 0.0203. The van der Waals surface area contributed by atoms with Crippen LogP contribution in [0.25, 0.3) is 5.82 Å². The van der Waals surface area contributed by atoms with E-state index in [0.29, 0.717) is 37.6 Å². The molecule has 2 aromatic heterocycles. The monoisotopic (exact) mass is 454 g/mol. The van der Waals surface area contributed by atoms with Gasteiger partial charge in [-0.25, -0.2) is 14.6 Å². The normalized spacial score (nSPS) is 13.9. The van der Waals surface area contributed by atoms with Crippen LogP contribution in [-0.2, 0) is 22.5 Å². The molecule has 4 rings (SSSR count). The van der Waals surface area contributed by atoms with Gasteiger partial charge < -0.3 is 15.0 Å². The summed E-state index contributed by atoms with van der Waals surface area (Å²) in [4.78, 5) is 23.4. The van der Waals surface area contributed by atoms with E-state index >= 15 is 0 Å². The summed E-state index contributed by atoms with van der Waals surface area (Å²) in [6, 6.07) is 9.46. The first kappa shape index (κ1) is 22.2. The number of hydrogen-bond donors (Lipinski definition) is 1. The van der Waals surface area contributed by atoms with E-state index in [2.05, 4.69) is 25.3 Å². The maximum absolute atomic E-state index is 12.4. The van der Waals surface area contributed by atoms with Gasteiger partial charge in [-0.1, -0.05) is 29.8 Å². The van der Waals surface area contributed by atoms with E-state index in [9.17, 15) is 4.79 Å². The number of amides is 1. The number of nitrogens with zero attached hydrogens (tertiary/aromatic N) is 5. The zero-order valence-electron chi connectivity index (χ0n) is 18.3. The number of hydrogen-bond acceptors (Lipinski definition) is 6. The quantitative estimate of drug-likeness (QED) is 0.590. The molecule has 0 unspecified atom stereocenters. The fraction of sp³-hybridized carbons (Fsp3) is 0.391. The molecule has 0 radical (unpaired) electrons. The van der Waals surface area contributed by atoms with Crippen molar-refractivity contribution in [2.75, 3.05) is 31.2 Å². The topological polar surface area (TPSA) is 85.2 Å². The summed E-state index contributed by atoms with van der Waals surface area (Å²) in [6.07, 6.45) is 2.55. The Bertz CT molecular complexity index is 1090. The lowest BCUT2D eigenvalue weighted by atomic mass is 10.1. The molecule has 32 heavy (non-hydrogen) atoms. The molecule has 9 heteroatoms. The van der Waals surface area contributed by atoms with Crippen molar-refractivity contribution >= 4 is 23.3 Å². The Morgan fingerprint density at radius 3 is 2.69 bits per heavy atom. The predicted molar refractivity (Wildman–Crippen MR) is 123 cm³/mol. The number of morpholine rings is 1. The van der Waals surface area contributed by atoms with Gasteiger partial charge in [0.05, 0.1) is 18.9 Å². The molecular weight excluding hydrogens is 428 g/mol. The largest absolute Gasteiger partial charge is 0.378 e. The molecule has 0 bridgehead atoms. The second kappa shape index (κ2) is 10.1. The minimum Gasteiger partial charge on any atom is -0.378 e. The Labute approximate surface area is 192 Å². The lowest BCUT2D eigenvalue weighted by molar-refractivity contribution is -0.121. The van der Waals surface area contributed by atoms with Crippen molar-refractivity contribution in [2.24, 2.45) is 0 Å². The molecule has 1 amide bonds. The van der Waals surface area contributed by atoms with Gasteiger partial charge in [0.1, 0.15) is 12.1 Å². The predicted octanol–water partition coefficient (Wildman–Crippen LogP) is 3.02. The number of nitrogens with one attached hydrogen (secondary N) is 1. The SMILES string of the molecule is Cc1nn(-c2cc(N3CCOCC3)ncn2)c(C)c1CCC(=O)NCc1ccccc1Cl. The van der Waals surface area contributed by atoms with E-state index in [0.717, 1.165) is 47.2 Å². The molecule has 1 aromatic carbocycles. The number of anilines is 1. The second-order valence-corrected chi connectivity index (χ2v) is 8.17. The molecule has 8 nitrogen and oxygen atoms in total. The first-order chi connectivity index (χ1) is 15.5. The summed E-state index contributed by atoms with van der Waals surface area (Å²) in [6.45, 7) is 7.40. The highest BCUT2D eigenvalue weighted by Gasteiger charge is 2.18. The van der Waals surface area contributed by atoms with Gasteiger partial charge in [0, 0.05) is 42.8 Å². The van der Waals surface area contributed by atoms with Crippen LogP contribution in [0.2, 0.25) is 5.02 Å². The van der Waals surface area contributed by atoms with Crippen LogP contribution in [0.3, 0.4) is 0 Å². The Hall–Kier alpha value is -2.97. The van der Waals surface area contributed by atoms with Crippen LogP contribution in [0.4, 0.5) is 5.82 Å². The van der Waals surface area contributed by atoms with Crippen LogP contribution in [0.15, 0.2) is 36.7 Å². The van der Waals surface area contributed by atoms with Crippen molar-refractivity contribution in [3.63, 3.8) is 0 Å². The van der Waals surface area contributed by atoms with Crippen molar-refractivity contribution in [3.05, 3.63) is 64.2 Å². The molecule has 168 valence electrons. The highest BCUT2D eigenvalue weighted by Crippen LogP contribution is 2.21. The number of rotatable bonds is 7. The Kier molecular flexibility index (Phi) is 7.02. The molecule has 1 fully saturated rings. The highest BCUT2D eigenvalue weighted by molar-refractivity contribution is 6.31. The van der Waals surface area contributed by atoms with Crippen LogP contribution >= 0.6 is 11.6 Å². The van der Waals surface area contributed by atoms with Crippen LogP contribution in [0.1, 0.15) is 28.9 Å². The molecule has 0 saturated carbocycles. The lowest BCUT2D eigenvalue weighted by Crippen LogP contribution is -2.36. The van der Waals surface area contributed by atoms with E-state index in [4.69, 9.17) is 16.3 Å². The molecule has 0 atom stereocenters. The van der Waals surface area contributed by atoms with Gasteiger partial charge in [-0.3, -0.25) is 4.79 Å². The van der Waals surface area contributed by atoms with Crippen LogP contribution in [0.5, 0.6) is 0 Å². The number of carbonyl (C=O) groups excluding carboxylic acids is 1. The molecule has 1 aliphatic rings. The third-order valence-electron chi connectivity index (χ3n) is 5.67. The first-order valence-corrected chi connectivity index (χ1v) is 11.1. The number of halogens is 1. The zero-order valence-corrected chi connectivity index (χ0v) is 19.1. The smallest absolute Gasteiger partial charge is 0.220 e. The summed E-state index contributed by atoms with van der Waals surface area (Å²) in [5, 5.41) is 8.28. The van der Waals surface area contributed by atoms with Crippen LogP contribution in [-0.4, -0.2) is 52.0 Å². The minimum atomic E-state index is -0.0203. The van der Waals surface area contributed by atoms with Gasteiger partial charge in [-0.15, -0.1) is 0 Å². The van der Waals surface area contributed by atoms with E-state index in [1.54, 1.807) is 6.33 Å². The van der Waals surface area contributed by atoms with Crippen molar-refractivity contribution in [2.45, 2.75) is 33.2 Å². The standard InChI is InChI=1S/C23H27ClN6O2/c1-16-19(7-8-23(31)25-14-18-5-3-4-6-20(18)24)17(2)30(28-16)22-13-21(26-15-27-22)29-9-11-32-12-10-29/h3-6,13,15H,7-12,14H2,1-2H3,(H,25,31). The van der Waals surface area contributed by atoms with Gasteiger partial charge in [0.15, 0.2) is 5.82 Å². The van der Waals surface area contributed by atoms with E-state index < -0.39 is 0 Å². The average Bonchev–Trinajstić information content (AvgIpc) is 3.11. The van der Waals surface area contributed by atoms with Crippen LogP contribution < -0.4 is 10.2 Å². The van der Waals surface area contributed by atoms with Crippen molar-refractivity contribution in [3.8, 4) is 5.82 Å². The molecule has 0 spiro atoms. The molecular formula is C23H27ClN6O2. The summed E-state index contributed by atoms with van der Waals surface area (Å²) >= 11 is 6.16. The molecule has 1 saturated heterocycles. The molecule has 1 N–H and O–H groups in total. The number of ether oxygens (including phenoxy) is 1. The van der Waals surface area contributed by atoms with E-state index in [1.807, 2.05) is 48.9 Å².